The summed E-state index contributed by atoms with van der Waals surface area (Å²) in [5.41, 5.74) is 7.86. The third kappa shape index (κ3) is 4.66. The van der Waals surface area contributed by atoms with Gasteiger partial charge >= 0.3 is 0 Å². The number of rotatable bonds is 8. The summed E-state index contributed by atoms with van der Waals surface area (Å²) in [4.78, 5) is 33.3. The summed E-state index contributed by atoms with van der Waals surface area (Å²) in [7, 11) is 1.77. The Balaban J connectivity index is 1.97. The molecule has 3 rings (SSSR count). The zero-order valence-corrected chi connectivity index (χ0v) is 16.5. The van der Waals surface area contributed by atoms with E-state index in [1.165, 1.54) is 23.4 Å². The van der Waals surface area contributed by atoms with E-state index in [1.54, 1.807) is 43.4 Å². The van der Waals surface area contributed by atoms with Crippen molar-refractivity contribution in [1.29, 1.82) is 0 Å². The van der Waals surface area contributed by atoms with Crippen LogP contribution in [-0.4, -0.2) is 53.7 Å². The molecule has 1 amide bonds. The Morgan fingerprint density at radius 3 is 2.53 bits per heavy atom. The van der Waals surface area contributed by atoms with E-state index in [0.29, 0.717) is 47.2 Å². The zero-order valence-electron chi connectivity index (χ0n) is 16.5. The summed E-state index contributed by atoms with van der Waals surface area (Å²) in [6.45, 7) is 0.918. The van der Waals surface area contributed by atoms with Gasteiger partial charge in [0.2, 0.25) is 5.95 Å². The number of nitrogens with zero attached hydrogens (tertiary/aromatic N) is 3. The van der Waals surface area contributed by atoms with Crippen LogP contribution in [0.1, 0.15) is 10.4 Å². The standard InChI is InChI=1S/C22H22FN5O2/c1-25-8-9-28(10-11-29)21(30)19-5-3-2-4-17(19)15-6-7-18(20(23)12-15)16-13-26-22(24)27-14-16/h2-7,11-14,25H,8-10H2,1H3,(H2,24,26,27). The average Bonchev–Trinajstić information content (AvgIpc) is 2.77. The van der Waals surface area contributed by atoms with Crippen molar-refractivity contribution in [2.45, 2.75) is 0 Å². The summed E-state index contributed by atoms with van der Waals surface area (Å²) in [5, 5.41) is 2.96. The highest BCUT2D eigenvalue weighted by Crippen LogP contribution is 2.30. The number of hydrogen-bond acceptors (Lipinski definition) is 6. The molecule has 3 aromatic rings. The van der Waals surface area contributed by atoms with E-state index in [1.807, 2.05) is 0 Å². The van der Waals surface area contributed by atoms with E-state index in [-0.39, 0.29) is 18.4 Å². The smallest absolute Gasteiger partial charge is 0.254 e. The molecule has 2 aromatic carbocycles. The molecule has 8 heteroatoms. The first-order chi connectivity index (χ1) is 14.5. The van der Waals surface area contributed by atoms with Gasteiger partial charge < -0.3 is 20.7 Å². The summed E-state index contributed by atoms with van der Waals surface area (Å²) >= 11 is 0. The minimum atomic E-state index is -0.469. The number of nitrogen functional groups attached to an aromatic ring is 1. The molecule has 0 aliphatic carbocycles. The van der Waals surface area contributed by atoms with Gasteiger partial charge in [-0.1, -0.05) is 30.3 Å². The molecular formula is C22H22FN5O2. The third-order valence-electron chi connectivity index (χ3n) is 4.63. The fraction of sp³-hybridized carbons (Fsp3) is 0.182. The third-order valence-corrected chi connectivity index (χ3v) is 4.63. The van der Waals surface area contributed by atoms with Crippen LogP contribution in [0.2, 0.25) is 0 Å². The SMILES string of the molecule is CNCCN(CC=O)C(=O)c1ccccc1-c1ccc(-c2cnc(N)nc2)c(F)c1. The molecule has 0 aliphatic rings. The number of aromatic nitrogens is 2. The average molecular weight is 407 g/mol. The van der Waals surface area contributed by atoms with E-state index >= 15 is 0 Å². The normalized spacial score (nSPS) is 10.6. The zero-order chi connectivity index (χ0) is 21.5. The fourth-order valence-corrected chi connectivity index (χ4v) is 3.10. The van der Waals surface area contributed by atoms with Crippen LogP contribution in [0.3, 0.4) is 0 Å². The quantitative estimate of drug-likeness (QED) is 0.556. The highest BCUT2D eigenvalue weighted by atomic mass is 19.1. The van der Waals surface area contributed by atoms with Crippen LogP contribution < -0.4 is 11.1 Å². The Morgan fingerprint density at radius 1 is 1.13 bits per heavy atom. The van der Waals surface area contributed by atoms with E-state index in [9.17, 15) is 14.0 Å². The monoisotopic (exact) mass is 407 g/mol. The Kier molecular flexibility index (Phi) is 6.82. The molecule has 7 nitrogen and oxygen atoms in total. The minimum absolute atomic E-state index is 0.0146. The predicted octanol–water partition coefficient (Wildman–Crippen LogP) is 2.39. The Hall–Kier alpha value is -3.65. The largest absolute Gasteiger partial charge is 0.368 e. The molecule has 0 atom stereocenters. The maximum atomic E-state index is 14.9. The van der Waals surface area contributed by atoms with Crippen LogP contribution in [0.5, 0.6) is 0 Å². The first-order valence-electron chi connectivity index (χ1n) is 9.39. The van der Waals surface area contributed by atoms with E-state index in [0.717, 1.165) is 0 Å². The molecule has 1 aromatic heterocycles. The second kappa shape index (κ2) is 9.71. The number of carbonyl (C=O) groups is 2. The fourth-order valence-electron chi connectivity index (χ4n) is 3.10. The molecule has 0 aliphatic heterocycles. The van der Waals surface area contributed by atoms with Gasteiger partial charge in [0.1, 0.15) is 12.1 Å². The molecule has 30 heavy (non-hydrogen) atoms. The van der Waals surface area contributed by atoms with Gasteiger partial charge in [-0.3, -0.25) is 4.79 Å². The number of amides is 1. The van der Waals surface area contributed by atoms with Gasteiger partial charge in [-0.05, 0) is 30.3 Å². The van der Waals surface area contributed by atoms with Crippen LogP contribution in [0.4, 0.5) is 10.3 Å². The lowest BCUT2D eigenvalue weighted by Crippen LogP contribution is -2.37. The summed E-state index contributed by atoms with van der Waals surface area (Å²) in [6.07, 6.45) is 3.60. The molecule has 0 radical (unpaired) electrons. The number of halogens is 1. The summed E-state index contributed by atoms with van der Waals surface area (Å²) < 4.78 is 14.9. The number of carbonyl (C=O) groups excluding carboxylic acids is 2. The van der Waals surface area contributed by atoms with Gasteiger partial charge in [0.25, 0.3) is 5.91 Å². The number of nitrogens with two attached hydrogens (primary N) is 1. The lowest BCUT2D eigenvalue weighted by Gasteiger charge is -2.21. The van der Waals surface area contributed by atoms with Crippen molar-refractivity contribution in [2.75, 3.05) is 32.4 Å². The van der Waals surface area contributed by atoms with Gasteiger partial charge in [0, 0.05) is 42.2 Å². The minimum Gasteiger partial charge on any atom is -0.368 e. The number of aldehydes is 1. The molecule has 3 N–H and O–H groups in total. The number of benzene rings is 2. The van der Waals surface area contributed by atoms with Crippen molar-refractivity contribution >= 4 is 18.1 Å². The van der Waals surface area contributed by atoms with Gasteiger partial charge in [-0.25, -0.2) is 14.4 Å². The molecule has 0 fully saturated rings. The molecule has 0 bridgehead atoms. The lowest BCUT2D eigenvalue weighted by atomic mass is 9.96. The van der Waals surface area contributed by atoms with E-state index in [4.69, 9.17) is 5.73 Å². The Bertz CT molecular complexity index is 1040. The second-order valence-corrected chi connectivity index (χ2v) is 6.59. The van der Waals surface area contributed by atoms with Crippen molar-refractivity contribution in [3.63, 3.8) is 0 Å². The van der Waals surface area contributed by atoms with Crippen molar-refractivity contribution in [2.24, 2.45) is 0 Å². The van der Waals surface area contributed by atoms with Crippen LogP contribution in [0, 0.1) is 5.82 Å². The molecule has 0 saturated carbocycles. The second-order valence-electron chi connectivity index (χ2n) is 6.59. The molecule has 0 unspecified atom stereocenters. The number of nitrogens with one attached hydrogen (secondary N) is 1. The number of likely N-dealkylation sites (N-methyl/N-ethyl adjacent to an activating group) is 1. The molecule has 1 heterocycles. The maximum absolute atomic E-state index is 14.9. The van der Waals surface area contributed by atoms with Crippen LogP contribution >= 0.6 is 0 Å². The van der Waals surface area contributed by atoms with Crippen molar-refractivity contribution in [3.05, 3.63) is 66.2 Å². The van der Waals surface area contributed by atoms with Crippen LogP contribution in [0.15, 0.2) is 54.9 Å². The molecule has 0 saturated heterocycles. The number of hydrogen-bond donors (Lipinski definition) is 2. The molecule has 154 valence electrons. The number of anilines is 1. The predicted molar refractivity (Wildman–Crippen MR) is 113 cm³/mol. The first kappa shape index (κ1) is 21.1. The van der Waals surface area contributed by atoms with E-state index in [2.05, 4.69) is 15.3 Å². The lowest BCUT2D eigenvalue weighted by molar-refractivity contribution is -0.108. The summed E-state index contributed by atoms with van der Waals surface area (Å²) in [6, 6.07) is 11.7. The van der Waals surface area contributed by atoms with Gasteiger partial charge in [-0.15, -0.1) is 0 Å². The van der Waals surface area contributed by atoms with Crippen molar-refractivity contribution in [3.8, 4) is 22.3 Å². The summed E-state index contributed by atoms with van der Waals surface area (Å²) in [5.74, 6) is -0.645. The van der Waals surface area contributed by atoms with Gasteiger partial charge in [0.15, 0.2) is 0 Å². The van der Waals surface area contributed by atoms with Gasteiger partial charge in [0.05, 0.1) is 6.54 Å². The highest BCUT2D eigenvalue weighted by Gasteiger charge is 2.19. The molecular weight excluding hydrogens is 385 g/mol. The van der Waals surface area contributed by atoms with Crippen LogP contribution in [-0.2, 0) is 4.79 Å². The first-order valence-corrected chi connectivity index (χ1v) is 9.39. The highest BCUT2D eigenvalue weighted by molar-refractivity contribution is 6.01. The maximum Gasteiger partial charge on any atom is 0.254 e. The van der Waals surface area contributed by atoms with Crippen molar-refractivity contribution < 1.29 is 14.0 Å². The topological polar surface area (TPSA) is 101 Å². The van der Waals surface area contributed by atoms with Crippen LogP contribution in [0.25, 0.3) is 22.3 Å². The van der Waals surface area contributed by atoms with Crippen molar-refractivity contribution in [1.82, 2.24) is 20.2 Å². The Morgan fingerprint density at radius 2 is 1.87 bits per heavy atom. The van der Waals surface area contributed by atoms with E-state index < -0.39 is 5.82 Å². The van der Waals surface area contributed by atoms with Gasteiger partial charge in [-0.2, -0.15) is 0 Å². The molecule has 0 spiro atoms. The Labute approximate surface area is 173 Å².